The van der Waals surface area contributed by atoms with Gasteiger partial charge >= 0.3 is 0 Å². The zero-order chi connectivity index (χ0) is 12.0. The predicted molar refractivity (Wildman–Crippen MR) is 72.7 cm³/mol. The number of hydrogen-bond acceptors (Lipinski definition) is 1. The van der Waals surface area contributed by atoms with Crippen molar-refractivity contribution in [3.63, 3.8) is 0 Å². The Bertz CT molecular complexity index is 180. The van der Waals surface area contributed by atoms with E-state index < -0.39 is 0 Å². The number of rotatable bonds is 7. The van der Waals surface area contributed by atoms with Gasteiger partial charge in [-0.2, -0.15) is 0 Å². The second-order valence-electron chi connectivity index (χ2n) is 6.77. The van der Waals surface area contributed by atoms with Gasteiger partial charge in [-0.1, -0.05) is 47.0 Å². The van der Waals surface area contributed by atoms with Gasteiger partial charge in [-0.3, -0.25) is 0 Å². The standard InChI is InChI=1S/C15H31N/c1-5-6-7-13-8-9-14(13)10-11-16-12-15(2,3)4/h13-14,16H,5-12H2,1-4H3. The molecule has 0 spiro atoms. The van der Waals surface area contributed by atoms with Gasteiger partial charge in [0.15, 0.2) is 0 Å². The van der Waals surface area contributed by atoms with Crippen molar-refractivity contribution in [1.82, 2.24) is 5.32 Å². The molecule has 0 aliphatic heterocycles. The highest BCUT2D eigenvalue weighted by Crippen LogP contribution is 2.39. The maximum Gasteiger partial charge on any atom is -0.0000124 e. The van der Waals surface area contributed by atoms with E-state index in [4.69, 9.17) is 0 Å². The van der Waals surface area contributed by atoms with Crippen molar-refractivity contribution in [3.05, 3.63) is 0 Å². The molecule has 96 valence electrons. The quantitative estimate of drug-likeness (QED) is 0.639. The molecule has 0 amide bonds. The highest BCUT2D eigenvalue weighted by molar-refractivity contribution is 4.81. The van der Waals surface area contributed by atoms with Crippen LogP contribution in [0.2, 0.25) is 0 Å². The summed E-state index contributed by atoms with van der Waals surface area (Å²) in [5.74, 6) is 2.11. The van der Waals surface area contributed by atoms with Crippen molar-refractivity contribution in [1.29, 1.82) is 0 Å². The van der Waals surface area contributed by atoms with Crippen LogP contribution in [0.5, 0.6) is 0 Å². The van der Waals surface area contributed by atoms with Crippen LogP contribution in [0.15, 0.2) is 0 Å². The van der Waals surface area contributed by atoms with Gasteiger partial charge in [0.25, 0.3) is 0 Å². The van der Waals surface area contributed by atoms with E-state index in [0.717, 1.165) is 18.4 Å². The van der Waals surface area contributed by atoms with Crippen LogP contribution < -0.4 is 5.32 Å². The summed E-state index contributed by atoms with van der Waals surface area (Å²) in [6.07, 6.45) is 8.70. The minimum atomic E-state index is 0.432. The van der Waals surface area contributed by atoms with Crippen LogP contribution in [0, 0.1) is 17.3 Å². The molecule has 2 atom stereocenters. The van der Waals surface area contributed by atoms with Crippen LogP contribution in [0.4, 0.5) is 0 Å². The first kappa shape index (κ1) is 14.0. The summed E-state index contributed by atoms with van der Waals surface area (Å²) >= 11 is 0. The molecule has 1 rings (SSSR count). The third kappa shape index (κ3) is 5.34. The Morgan fingerprint density at radius 1 is 1.06 bits per heavy atom. The highest BCUT2D eigenvalue weighted by Gasteiger charge is 2.29. The summed E-state index contributed by atoms with van der Waals surface area (Å²) in [5.41, 5.74) is 0.432. The third-order valence-corrected chi connectivity index (χ3v) is 3.85. The predicted octanol–water partition coefficient (Wildman–Crippen LogP) is 4.23. The minimum Gasteiger partial charge on any atom is -0.316 e. The lowest BCUT2D eigenvalue weighted by atomic mass is 9.69. The summed E-state index contributed by atoms with van der Waals surface area (Å²) in [4.78, 5) is 0. The van der Waals surface area contributed by atoms with E-state index in [0.29, 0.717) is 5.41 Å². The fraction of sp³-hybridized carbons (Fsp3) is 1.00. The van der Waals surface area contributed by atoms with Crippen LogP contribution in [-0.4, -0.2) is 13.1 Å². The first-order valence-electron chi connectivity index (χ1n) is 7.23. The van der Waals surface area contributed by atoms with Crippen LogP contribution in [0.3, 0.4) is 0 Å². The molecular formula is C15H31N. The largest absolute Gasteiger partial charge is 0.316 e. The van der Waals surface area contributed by atoms with E-state index in [1.165, 1.54) is 45.1 Å². The molecule has 1 aliphatic rings. The van der Waals surface area contributed by atoms with Gasteiger partial charge in [0.1, 0.15) is 0 Å². The molecule has 1 fully saturated rings. The normalized spacial score (nSPS) is 25.5. The molecule has 0 aromatic carbocycles. The smallest absolute Gasteiger partial charge is 0.0000124 e. The van der Waals surface area contributed by atoms with E-state index in [9.17, 15) is 0 Å². The van der Waals surface area contributed by atoms with Gasteiger partial charge in [-0.25, -0.2) is 0 Å². The molecule has 0 bridgehead atoms. The lowest BCUT2D eigenvalue weighted by Gasteiger charge is -2.37. The van der Waals surface area contributed by atoms with Crippen molar-refractivity contribution in [2.75, 3.05) is 13.1 Å². The molecule has 1 N–H and O–H groups in total. The maximum absolute atomic E-state index is 3.60. The van der Waals surface area contributed by atoms with E-state index in [1.807, 2.05) is 0 Å². The topological polar surface area (TPSA) is 12.0 Å². The van der Waals surface area contributed by atoms with Gasteiger partial charge in [-0.05, 0) is 49.6 Å². The fourth-order valence-corrected chi connectivity index (χ4v) is 2.62. The molecule has 1 nitrogen and oxygen atoms in total. The molecule has 0 aromatic rings. The average molecular weight is 225 g/mol. The van der Waals surface area contributed by atoms with Gasteiger partial charge in [0.05, 0.1) is 0 Å². The number of nitrogens with one attached hydrogen (secondary N) is 1. The summed E-state index contributed by atoms with van der Waals surface area (Å²) in [6, 6.07) is 0. The van der Waals surface area contributed by atoms with E-state index in [2.05, 4.69) is 33.0 Å². The fourth-order valence-electron chi connectivity index (χ4n) is 2.62. The Morgan fingerprint density at radius 2 is 1.69 bits per heavy atom. The van der Waals surface area contributed by atoms with E-state index in [1.54, 1.807) is 0 Å². The lowest BCUT2D eigenvalue weighted by molar-refractivity contribution is 0.148. The molecule has 0 saturated heterocycles. The summed E-state index contributed by atoms with van der Waals surface area (Å²) in [7, 11) is 0. The Hall–Kier alpha value is -0.0400. The molecule has 0 radical (unpaired) electrons. The second kappa shape index (κ2) is 6.64. The molecule has 16 heavy (non-hydrogen) atoms. The minimum absolute atomic E-state index is 0.432. The Labute approximate surface area is 102 Å². The zero-order valence-corrected chi connectivity index (χ0v) is 11.8. The lowest BCUT2D eigenvalue weighted by Crippen LogP contribution is -2.32. The Morgan fingerprint density at radius 3 is 2.19 bits per heavy atom. The van der Waals surface area contributed by atoms with Gasteiger partial charge < -0.3 is 5.32 Å². The van der Waals surface area contributed by atoms with Crippen LogP contribution in [-0.2, 0) is 0 Å². The molecule has 1 aliphatic carbocycles. The Kier molecular flexibility index (Phi) is 5.82. The molecule has 1 heteroatoms. The van der Waals surface area contributed by atoms with Crippen molar-refractivity contribution >= 4 is 0 Å². The summed E-state index contributed by atoms with van der Waals surface area (Å²) in [6.45, 7) is 11.6. The second-order valence-corrected chi connectivity index (χ2v) is 6.77. The van der Waals surface area contributed by atoms with Crippen molar-refractivity contribution in [2.24, 2.45) is 17.3 Å². The molecule has 2 unspecified atom stereocenters. The van der Waals surface area contributed by atoms with E-state index in [-0.39, 0.29) is 0 Å². The highest BCUT2D eigenvalue weighted by atomic mass is 14.9. The van der Waals surface area contributed by atoms with Gasteiger partial charge in [0.2, 0.25) is 0 Å². The first-order valence-corrected chi connectivity index (χ1v) is 7.23. The van der Waals surface area contributed by atoms with Crippen molar-refractivity contribution in [3.8, 4) is 0 Å². The van der Waals surface area contributed by atoms with Crippen LogP contribution in [0.25, 0.3) is 0 Å². The monoisotopic (exact) mass is 225 g/mol. The van der Waals surface area contributed by atoms with Gasteiger partial charge in [0, 0.05) is 0 Å². The third-order valence-electron chi connectivity index (χ3n) is 3.85. The van der Waals surface area contributed by atoms with Gasteiger partial charge in [-0.15, -0.1) is 0 Å². The average Bonchev–Trinajstić information content (AvgIpc) is 2.14. The zero-order valence-electron chi connectivity index (χ0n) is 11.8. The molecule has 0 heterocycles. The SMILES string of the molecule is CCCCC1CCC1CCNCC(C)(C)C. The Balaban J connectivity index is 2.01. The number of unbranched alkanes of at least 4 members (excludes halogenated alkanes) is 1. The van der Waals surface area contributed by atoms with Crippen LogP contribution >= 0.6 is 0 Å². The van der Waals surface area contributed by atoms with E-state index >= 15 is 0 Å². The summed E-state index contributed by atoms with van der Waals surface area (Å²) in [5, 5.41) is 3.60. The van der Waals surface area contributed by atoms with Crippen molar-refractivity contribution < 1.29 is 0 Å². The van der Waals surface area contributed by atoms with Crippen molar-refractivity contribution in [2.45, 2.75) is 66.2 Å². The molecule has 1 saturated carbocycles. The first-order chi connectivity index (χ1) is 7.53. The van der Waals surface area contributed by atoms with Crippen LogP contribution in [0.1, 0.15) is 66.2 Å². The molecule has 0 aromatic heterocycles. The summed E-state index contributed by atoms with van der Waals surface area (Å²) < 4.78 is 0. The molecular weight excluding hydrogens is 194 g/mol. The maximum atomic E-state index is 3.60. The number of hydrogen-bond donors (Lipinski definition) is 1.